The van der Waals surface area contributed by atoms with E-state index in [1.165, 1.54) is 22.8 Å². The smallest absolute Gasteiger partial charge is 0.284 e. The van der Waals surface area contributed by atoms with Gasteiger partial charge in [0.15, 0.2) is 0 Å². The number of aromatic nitrogens is 1. The summed E-state index contributed by atoms with van der Waals surface area (Å²) in [6.45, 7) is 0. The summed E-state index contributed by atoms with van der Waals surface area (Å²) < 4.78 is 39.2. The highest BCUT2D eigenvalue weighted by Crippen LogP contribution is 2.29. The van der Waals surface area contributed by atoms with Crippen LogP contribution in [0, 0.1) is 0 Å². The summed E-state index contributed by atoms with van der Waals surface area (Å²) in [5.74, 6) is 0. The monoisotopic (exact) mass is 315 g/mol. The average molecular weight is 315 g/mol. The summed E-state index contributed by atoms with van der Waals surface area (Å²) in [5, 5.41) is 0. The first-order valence-electron chi connectivity index (χ1n) is 6.91. The van der Waals surface area contributed by atoms with Crippen LogP contribution in [-0.4, -0.2) is 4.57 Å². The fourth-order valence-electron chi connectivity index (χ4n) is 2.30. The Kier molecular flexibility index (Phi) is 3.78. The number of rotatable bonds is 2. The molecule has 2 nitrogen and oxygen atoms in total. The van der Waals surface area contributed by atoms with Crippen LogP contribution in [0.3, 0.4) is 0 Å². The Morgan fingerprint density at radius 1 is 0.739 bits per heavy atom. The summed E-state index contributed by atoms with van der Waals surface area (Å²) in [6, 6.07) is 17.1. The lowest BCUT2D eigenvalue weighted by Gasteiger charge is -2.11. The molecule has 0 bridgehead atoms. The molecule has 3 rings (SSSR count). The van der Waals surface area contributed by atoms with Gasteiger partial charge in [0.1, 0.15) is 0 Å². The molecule has 2 aromatic carbocycles. The Hall–Kier alpha value is -2.82. The van der Waals surface area contributed by atoms with Crippen LogP contribution < -0.4 is 5.56 Å². The fraction of sp³-hybridized carbons (Fsp3) is 0.0556. The highest BCUT2D eigenvalue weighted by molar-refractivity contribution is 5.62. The fourth-order valence-corrected chi connectivity index (χ4v) is 2.30. The summed E-state index contributed by atoms with van der Waals surface area (Å²) >= 11 is 0. The maximum absolute atomic E-state index is 12.6. The largest absolute Gasteiger partial charge is 0.416 e. The van der Waals surface area contributed by atoms with Crippen molar-refractivity contribution in [2.75, 3.05) is 0 Å². The lowest BCUT2D eigenvalue weighted by Crippen LogP contribution is -2.16. The van der Waals surface area contributed by atoms with Crippen LogP contribution in [-0.2, 0) is 6.18 Å². The molecule has 0 unspecified atom stereocenters. The molecule has 0 aliphatic carbocycles. The second kappa shape index (κ2) is 5.76. The van der Waals surface area contributed by atoms with Crippen LogP contribution in [0.15, 0.2) is 77.7 Å². The van der Waals surface area contributed by atoms with Gasteiger partial charge in [0.2, 0.25) is 0 Å². The summed E-state index contributed by atoms with van der Waals surface area (Å²) in [7, 11) is 0. The molecular formula is C18H12F3NO. The summed E-state index contributed by atoms with van der Waals surface area (Å²) in [4.78, 5) is 12.0. The van der Waals surface area contributed by atoms with E-state index in [4.69, 9.17) is 0 Å². The Morgan fingerprint density at radius 3 is 2.00 bits per heavy atom. The Morgan fingerprint density at radius 2 is 1.39 bits per heavy atom. The number of benzene rings is 2. The Bertz CT molecular complexity index is 865. The standard InChI is InChI=1S/C18H12F3NO/c19-18(20,21)15-7-9-16(10-8-15)22-12-14(6-11-17(22)23)13-4-2-1-3-5-13/h1-12H. The molecule has 0 radical (unpaired) electrons. The normalized spacial score (nSPS) is 11.4. The first-order chi connectivity index (χ1) is 10.9. The number of alkyl halides is 3. The van der Waals surface area contributed by atoms with Crippen LogP contribution in [0.4, 0.5) is 13.2 Å². The van der Waals surface area contributed by atoms with Crippen LogP contribution in [0.25, 0.3) is 16.8 Å². The maximum Gasteiger partial charge on any atom is 0.416 e. The van der Waals surface area contributed by atoms with Crippen LogP contribution >= 0.6 is 0 Å². The molecular weight excluding hydrogens is 303 g/mol. The quantitative estimate of drug-likeness (QED) is 0.681. The molecule has 0 amide bonds. The lowest BCUT2D eigenvalue weighted by atomic mass is 10.1. The second-order valence-corrected chi connectivity index (χ2v) is 5.04. The van der Waals surface area contributed by atoms with Crippen LogP contribution in [0.1, 0.15) is 5.56 Å². The van der Waals surface area contributed by atoms with E-state index in [2.05, 4.69) is 0 Å². The molecule has 0 saturated carbocycles. The van der Waals surface area contributed by atoms with Gasteiger partial charge in [-0.25, -0.2) is 0 Å². The molecule has 1 heterocycles. The van der Waals surface area contributed by atoms with Crippen molar-refractivity contribution in [3.63, 3.8) is 0 Å². The molecule has 0 aliphatic rings. The van der Waals surface area contributed by atoms with Crippen molar-refractivity contribution in [2.45, 2.75) is 6.18 Å². The molecule has 0 fully saturated rings. The van der Waals surface area contributed by atoms with Gasteiger partial charge >= 0.3 is 6.18 Å². The number of pyridine rings is 1. The van der Waals surface area contributed by atoms with Crippen molar-refractivity contribution in [3.8, 4) is 16.8 Å². The van der Waals surface area contributed by atoms with Crippen molar-refractivity contribution >= 4 is 0 Å². The van der Waals surface area contributed by atoms with Gasteiger partial charge in [0.05, 0.1) is 5.56 Å². The Labute approximate surface area is 130 Å². The highest BCUT2D eigenvalue weighted by Gasteiger charge is 2.30. The minimum Gasteiger partial charge on any atom is -0.284 e. The van der Waals surface area contributed by atoms with E-state index in [-0.39, 0.29) is 5.56 Å². The maximum atomic E-state index is 12.6. The van der Waals surface area contributed by atoms with Gasteiger partial charge < -0.3 is 0 Å². The number of halogens is 3. The molecule has 116 valence electrons. The molecule has 0 N–H and O–H groups in total. The van der Waals surface area contributed by atoms with Crippen molar-refractivity contribution in [2.24, 2.45) is 0 Å². The number of hydrogen-bond acceptors (Lipinski definition) is 1. The van der Waals surface area contributed by atoms with E-state index < -0.39 is 11.7 Å². The van der Waals surface area contributed by atoms with E-state index in [0.29, 0.717) is 5.69 Å². The SMILES string of the molecule is O=c1ccc(-c2ccccc2)cn1-c1ccc(C(F)(F)F)cc1. The van der Waals surface area contributed by atoms with E-state index in [0.717, 1.165) is 23.3 Å². The minimum atomic E-state index is -4.39. The van der Waals surface area contributed by atoms with Gasteiger partial charge in [-0.1, -0.05) is 30.3 Å². The zero-order valence-corrected chi connectivity index (χ0v) is 11.9. The van der Waals surface area contributed by atoms with Gasteiger partial charge in [0, 0.05) is 18.0 Å². The summed E-state index contributed by atoms with van der Waals surface area (Å²) in [5.41, 5.74) is 1.08. The molecule has 0 aliphatic heterocycles. The predicted octanol–water partition coefficient (Wildman–Crippen LogP) is 4.52. The topological polar surface area (TPSA) is 22.0 Å². The molecule has 1 aromatic heterocycles. The highest BCUT2D eigenvalue weighted by atomic mass is 19.4. The number of hydrogen-bond donors (Lipinski definition) is 0. The van der Waals surface area contributed by atoms with Crippen molar-refractivity contribution in [3.05, 3.63) is 88.8 Å². The molecule has 23 heavy (non-hydrogen) atoms. The third kappa shape index (κ3) is 3.18. The molecule has 0 atom stereocenters. The van der Waals surface area contributed by atoms with E-state index in [9.17, 15) is 18.0 Å². The molecule has 0 saturated heterocycles. The van der Waals surface area contributed by atoms with Crippen molar-refractivity contribution in [1.82, 2.24) is 4.57 Å². The van der Waals surface area contributed by atoms with Gasteiger partial charge in [0.25, 0.3) is 5.56 Å². The van der Waals surface area contributed by atoms with Crippen molar-refractivity contribution < 1.29 is 13.2 Å². The van der Waals surface area contributed by atoms with Crippen LogP contribution in [0.5, 0.6) is 0 Å². The number of nitrogens with zero attached hydrogens (tertiary/aromatic N) is 1. The summed E-state index contributed by atoms with van der Waals surface area (Å²) in [6.07, 6.45) is -2.77. The molecule has 3 aromatic rings. The lowest BCUT2D eigenvalue weighted by molar-refractivity contribution is -0.137. The minimum absolute atomic E-state index is 0.301. The van der Waals surface area contributed by atoms with E-state index in [1.54, 1.807) is 12.3 Å². The molecule has 5 heteroatoms. The first-order valence-corrected chi connectivity index (χ1v) is 6.91. The average Bonchev–Trinajstić information content (AvgIpc) is 2.55. The van der Waals surface area contributed by atoms with E-state index >= 15 is 0 Å². The Balaban J connectivity index is 2.05. The zero-order valence-electron chi connectivity index (χ0n) is 11.9. The predicted molar refractivity (Wildman–Crippen MR) is 82.5 cm³/mol. The second-order valence-electron chi connectivity index (χ2n) is 5.04. The molecule has 0 spiro atoms. The van der Waals surface area contributed by atoms with Gasteiger partial charge in [-0.2, -0.15) is 13.2 Å². The van der Waals surface area contributed by atoms with Gasteiger partial charge in [-0.05, 0) is 41.5 Å². The van der Waals surface area contributed by atoms with Gasteiger partial charge in [-0.3, -0.25) is 9.36 Å². The van der Waals surface area contributed by atoms with Gasteiger partial charge in [-0.15, -0.1) is 0 Å². The third-order valence-corrected chi connectivity index (χ3v) is 3.49. The van der Waals surface area contributed by atoms with Crippen LogP contribution in [0.2, 0.25) is 0 Å². The van der Waals surface area contributed by atoms with E-state index in [1.807, 2.05) is 30.3 Å². The first kappa shape index (κ1) is 15.1. The van der Waals surface area contributed by atoms with Crippen molar-refractivity contribution in [1.29, 1.82) is 0 Å². The zero-order chi connectivity index (χ0) is 16.4. The third-order valence-electron chi connectivity index (χ3n) is 3.49.